The third-order valence-electron chi connectivity index (χ3n) is 2.49. The molecule has 0 atom stereocenters. The minimum Gasteiger partial charge on any atom is -0.318 e. The van der Waals surface area contributed by atoms with Crippen LogP contribution in [-0.2, 0) is 9.59 Å². The smallest absolute Gasteiger partial charge is 0.314 e. The van der Waals surface area contributed by atoms with Crippen LogP contribution < -0.4 is 10.6 Å². The molecule has 0 spiro atoms. The van der Waals surface area contributed by atoms with Gasteiger partial charge in [-0.25, -0.2) is 0 Å². The molecule has 0 heterocycles. The zero-order valence-corrected chi connectivity index (χ0v) is 12.8. The Hall–Kier alpha value is -1.75. The van der Waals surface area contributed by atoms with Crippen LogP contribution in [0.3, 0.4) is 0 Å². The van der Waals surface area contributed by atoms with Crippen LogP contribution in [0.15, 0.2) is 42.5 Å². The average molecular weight is 344 g/mol. The largest absolute Gasteiger partial charge is 0.318 e. The van der Waals surface area contributed by atoms with E-state index in [1.165, 1.54) is 12.1 Å². The summed E-state index contributed by atoms with van der Waals surface area (Å²) in [5, 5.41) is 6.05. The molecule has 2 rings (SSSR count). The number of hydrogen-bond acceptors (Lipinski definition) is 2. The lowest BCUT2D eigenvalue weighted by molar-refractivity contribution is -0.132. The number of anilines is 2. The fourth-order valence-corrected chi connectivity index (χ4v) is 1.91. The van der Waals surface area contributed by atoms with Crippen LogP contribution in [0.5, 0.6) is 0 Å². The first-order valence-corrected chi connectivity index (χ1v) is 6.92. The normalized spacial score (nSPS) is 10.0. The van der Waals surface area contributed by atoms with Crippen LogP contribution in [0.4, 0.5) is 11.4 Å². The van der Waals surface area contributed by atoms with Crippen molar-refractivity contribution in [3.8, 4) is 0 Å². The Kier molecular flexibility index (Phi) is 5.07. The summed E-state index contributed by atoms with van der Waals surface area (Å²) in [5.41, 5.74) is 0.842. The van der Waals surface area contributed by atoms with E-state index in [2.05, 4.69) is 10.6 Å². The van der Waals surface area contributed by atoms with Gasteiger partial charge in [0.05, 0.1) is 10.0 Å². The number of carbonyl (C=O) groups is 2. The van der Waals surface area contributed by atoms with Gasteiger partial charge in [-0.3, -0.25) is 9.59 Å². The fourth-order valence-electron chi connectivity index (χ4n) is 1.48. The number of benzene rings is 2. The number of rotatable bonds is 2. The standard InChI is InChI=1S/C14H9Cl3N2O2/c15-8-1-3-9(4-2-8)18-13(20)14(21)19-10-5-6-11(16)12(17)7-10/h1-7H,(H,18,20)(H,19,21). The number of hydrogen-bond donors (Lipinski definition) is 2. The Morgan fingerprint density at radius 2 is 1.24 bits per heavy atom. The van der Waals surface area contributed by atoms with Crippen LogP contribution in [0.25, 0.3) is 0 Å². The van der Waals surface area contributed by atoms with Crippen molar-refractivity contribution in [2.75, 3.05) is 10.6 Å². The van der Waals surface area contributed by atoms with Gasteiger partial charge >= 0.3 is 11.8 Å². The second-order valence-electron chi connectivity index (χ2n) is 4.04. The molecule has 0 fully saturated rings. The zero-order chi connectivity index (χ0) is 15.4. The van der Waals surface area contributed by atoms with Crippen molar-refractivity contribution >= 4 is 58.0 Å². The first-order valence-electron chi connectivity index (χ1n) is 5.78. The topological polar surface area (TPSA) is 58.2 Å². The van der Waals surface area contributed by atoms with Gasteiger partial charge in [0.25, 0.3) is 0 Å². The minimum atomic E-state index is -0.816. The Morgan fingerprint density at radius 3 is 1.81 bits per heavy atom. The van der Waals surface area contributed by atoms with Gasteiger partial charge in [0.2, 0.25) is 0 Å². The van der Waals surface area contributed by atoms with Gasteiger partial charge in [0, 0.05) is 16.4 Å². The molecule has 4 nitrogen and oxygen atoms in total. The lowest BCUT2D eigenvalue weighted by atomic mass is 10.3. The summed E-state index contributed by atoms with van der Waals surface area (Å²) in [4.78, 5) is 23.5. The summed E-state index contributed by atoms with van der Waals surface area (Å²) in [6.07, 6.45) is 0. The molecule has 0 aliphatic heterocycles. The zero-order valence-electron chi connectivity index (χ0n) is 10.5. The maximum Gasteiger partial charge on any atom is 0.314 e. The van der Waals surface area contributed by atoms with Crippen molar-refractivity contribution in [3.05, 3.63) is 57.5 Å². The molecule has 2 amide bonds. The van der Waals surface area contributed by atoms with Crippen LogP contribution in [0.2, 0.25) is 15.1 Å². The Labute approximate surface area is 136 Å². The van der Waals surface area contributed by atoms with Crippen molar-refractivity contribution < 1.29 is 9.59 Å². The van der Waals surface area contributed by atoms with Gasteiger partial charge in [0.15, 0.2) is 0 Å². The Morgan fingerprint density at radius 1 is 0.714 bits per heavy atom. The molecule has 21 heavy (non-hydrogen) atoms. The molecule has 108 valence electrons. The highest BCUT2D eigenvalue weighted by Crippen LogP contribution is 2.25. The predicted molar refractivity (Wildman–Crippen MR) is 85.2 cm³/mol. The van der Waals surface area contributed by atoms with E-state index in [0.29, 0.717) is 21.4 Å². The van der Waals surface area contributed by atoms with Crippen molar-refractivity contribution in [2.24, 2.45) is 0 Å². The molecule has 0 aliphatic rings. The van der Waals surface area contributed by atoms with Crippen LogP contribution in [0, 0.1) is 0 Å². The van der Waals surface area contributed by atoms with Gasteiger partial charge in [-0.15, -0.1) is 0 Å². The van der Waals surface area contributed by atoms with Crippen LogP contribution in [0.1, 0.15) is 0 Å². The van der Waals surface area contributed by atoms with E-state index in [4.69, 9.17) is 34.8 Å². The molecule has 0 bridgehead atoms. The SMILES string of the molecule is O=C(Nc1ccc(Cl)cc1)C(=O)Nc1ccc(Cl)c(Cl)c1. The Bertz CT molecular complexity index is 687. The summed E-state index contributed by atoms with van der Waals surface area (Å²) in [6.45, 7) is 0. The van der Waals surface area contributed by atoms with E-state index >= 15 is 0 Å². The number of halogens is 3. The van der Waals surface area contributed by atoms with Crippen molar-refractivity contribution in [1.29, 1.82) is 0 Å². The van der Waals surface area contributed by atoms with E-state index in [9.17, 15) is 9.59 Å². The highest BCUT2D eigenvalue weighted by Gasteiger charge is 2.14. The quantitative estimate of drug-likeness (QED) is 0.802. The van der Waals surface area contributed by atoms with Gasteiger partial charge < -0.3 is 10.6 Å². The van der Waals surface area contributed by atoms with E-state index < -0.39 is 11.8 Å². The summed E-state index contributed by atoms with van der Waals surface area (Å²) in [6, 6.07) is 10.9. The monoisotopic (exact) mass is 342 g/mol. The molecule has 7 heteroatoms. The Balaban J connectivity index is 2.00. The fraction of sp³-hybridized carbons (Fsp3) is 0. The van der Waals surface area contributed by atoms with Crippen LogP contribution in [-0.4, -0.2) is 11.8 Å². The van der Waals surface area contributed by atoms with E-state index in [-0.39, 0.29) is 5.02 Å². The van der Waals surface area contributed by atoms with Crippen molar-refractivity contribution in [1.82, 2.24) is 0 Å². The molecule has 2 aromatic rings. The summed E-state index contributed by atoms with van der Waals surface area (Å²) in [7, 11) is 0. The van der Waals surface area contributed by atoms with Gasteiger partial charge in [-0.05, 0) is 42.5 Å². The lowest BCUT2D eigenvalue weighted by Gasteiger charge is -2.07. The lowest BCUT2D eigenvalue weighted by Crippen LogP contribution is -2.29. The van der Waals surface area contributed by atoms with E-state index in [1.807, 2.05) is 0 Å². The summed E-state index contributed by atoms with van der Waals surface area (Å²) >= 11 is 17.3. The molecular weight excluding hydrogens is 335 g/mol. The summed E-state index contributed by atoms with van der Waals surface area (Å²) < 4.78 is 0. The molecule has 0 saturated heterocycles. The second kappa shape index (κ2) is 6.80. The molecule has 0 unspecified atom stereocenters. The molecule has 2 N–H and O–H groups in total. The third-order valence-corrected chi connectivity index (χ3v) is 3.48. The van der Waals surface area contributed by atoms with Crippen molar-refractivity contribution in [3.63, 3.8) is 0 Å². The maximum absolute atomic E-state index is 11.8. The average Bonchev–Trinajstić information content (AvgIpc) is 2.45. The molecule has 0 aliphatic carbocycles. The number of carbonyl (C=O) groups excluding carboxylic acids is 2. The first-order chi connectivity index (χ1) is 9.95. The van der Waals surface area contributed by atoms with Gasteiger partial charge in [-0.1, -0.05) is 34.8 Å². The molecule has 0 aromatic heterocycles. The van der Waals surface area contributed by atoms with Crippen molar-refractivity contribution in [2.45, 2.75) is 0 Å². The third kappa shape index (κ3) is 4.36. The number of amides is 2. The predicted octanol–water partition coefficient (Wildman–Crippen LogP) is 4.22. The van der Waals surface area contributed by atoms with Gasteiger partial charge in [-0.2, -0.15) is 0 Å². The maximum atomic E-state index is 11.8. The molecular formula is C14H9Cl3N2O2. The highest BCUT2D eigenvalue weighted by molar-refractivity contribution is 6.44. The van der Waals surface area contributed by atoms with Crippen LogP contribution >= 0.6 is 34.8 Å². The van der Waals surface area contributed by atoms with E-state index in [1.54, 1.807) is 30.3 Å². The summed E-state index contributed by atoms with van der Waals surface area (Å²) in [5.74, 6) is -1.62. The first kappa shape index (κ1) is 15.6. The van der Waals surface area contributed by atoms with E-state index in [0.717, 1.165) is 0 Å². The second-order valence-corrected chi connectivity index (χ2v) is 5.29. The molecule has 2 aromatic carbocycles. The molecule has 0 radical (unpaired) electrons. The van der Waals surface area contributed by atoms with Gasteiger partial charge in [0.1, 0.15) is 0 Å². The minimum absolute atomic E-state index is 0.285. The number of nitrogens with one attached hydrogen (secondary N) is 2. The highest BCUT2D eigenvalue weighted by atomic mass is 35.5. The molecule has 0 saturated carbocycles.